The number of ketones is 1. The van der Waals surface area contributed by atoms with Crippen LogP contribution in [0.25, 0.3) is 0 Å². The fourth-order valence-electron chi connectivity index (χ4n) is 3.15. The average Bonchev–Trinajstić information content (AvgIpc) is 2.57. The summed E-state index contributed by atoms with van der Waals surface area (Å²) in [6.45, 7) is 3.72. The van der Waals surface area contributed by atoms with Gasteiger partial charge in [0.25, 0.3) is 0 Å². The summed E-state index contributed by atoms with van der Waals surface area (Å²) >= 11 is 0. The number of unbranched alkanes of at least 4 members (excludes halogenated alkanes) is 15. The van der Waals surface area contributed by atoms with Crippen molar-refractivity contribution < 1.29 is 9.95 Å². The molecule has 0 saturated heterocycles. The van der Waals surface area contributed by atoms with Crippen LogP contribution in [0.4, 0.5) is 0 Å². The molecule has 24 heavy (non-hydrogen) atoms. The Hall–Kier alpha value is -0.860. The van der Waals surface area contributed by atoms with E-state index >= 15 is 0 Å². The van der Waals surface area contributed by atoms with Gasteiger partial charge in [-0.25, -0.2) is 5.16 Å². The van der Waals surface area contributed by atoms with E-state index in [1.165, 1.54) is 96.8 Å². The number of rotatable bonds is 18. The van der Waals surface area contributed by atoms with Gasteiger partial charge in [0.05, 0.1) is 0 Å². The predicted molar refractivity (Wildman–Crippen MR) is 104 cm³/mol. The second-order valence-corrected chi connectivity index (χ2v) is 7.19. The van der Waals surface area contributed by atoms with Gasteiger partial charge in [-0.15, -0.1) is 0 Å². The Balaban J connectivity index is 3.14. The van der Waals surface area contributed by atoms with Gasteiger partial charge >= 0.3 is 0 Å². The van der Waals surface area contributed by atoms with Crippen molar-refractivity contribution in [3.63, 3.8) is 0 Å². The summed E-state index contributed by atoms with van der Waals surface area (Å²) in [4.78, 5) is 11.1. The van der Waals surface area contributed by atoms with Gasteiger partial charge in [0.1, 0.15) is 0 Å². The molecule has 0 aromatic carbocycles. The fraction of sp³-hybridized carbons (Fsp3) is 0.905. The van der Waals surface area contributed by atoms with Gasteiger partial charge in [0.2, 0.25) is 11.5 Å². The normalized spacial score (nSPS) is 11.8. The van der Waals surface area contributed by atoms with Crippen molar-refractivity contribution >= 4 is 11.5 Å². The van der Waals surface area contributed by atoms with E-state index in [0.717, 1.165) is 12.8 Å². The van der Waals surface area contributed by atoms with Gasteiger partial charge in [-0.2, -0.15) is 0 Å². The van der Waals surface area contributed by atoms with E-state index in [1.807, 2.05) is 0 Å². The van der Waals surface area contributed by atoms with Gasteiger partial charge in [-0.1, -0.05) is 103 Å². The minimum Gasteiger partial charge on any atom is -0.625 e. The van der Waals surface area contributed by atoms with E-state index < -0.39 is 0 Å². The van der Waals surface area contributed by atoms with Gasteiger partial charge < -0.3 is 5.21 Å². The zero-order valence-corrected chi connectivity index (χ0v) is 16.3. The zero-order chi connectivity index (χ0) is 17.9. The van der Waals surface area contributed by atoms with Crippen LogP contribution < -0.4 is 5.16 Å². The lowest BCUT2D eigenvalue weighted by Gasteiger charge is -2.03. The summed E-state index contributed by atoms with van der Waals surface area (Å²) in [5, 5.41) is 12.3. The largest absolute Gasteiger partial charge is 0.625 e. The van der Waals surface area contributed by atoms with Crippen molar-refractivity contribution in [2.24, 2.45) is 0 Å². The minimum atomic E-state index is -0.119. The second kappa shape index (κ2) is 18.5. The summed E-state index contributed by atoms with van der Waals surface area (Å²) in [5.74, 6) is -0.119. The molecule has 0 bridgehead atoms. The van der Waals surface area contributed by atoms with Crippen LogP contribution in [0.3, 0.4) is 0 Å². The summed E-state index contributed by atoms with van der Waals surface area (Å²) in [7, 11) is 0. The molecular weight excluding hydrogens is 298 g/mol. The monoisotopic (exact) mass is 339 g/mol. The maximum absolute atomic E-state index is 11.1. The molecule has 0 aliphatic heterocycles. The van der Waals surface area contributed by atoms with Crippen LogP contribution in [0.2, 0.25) is 0 Å². The van der Waals surface area contributed by atoms with Crippen LogP contribution >= 0.6 is 0 Å². The van der Waals surface area contributed by atoms with Crippen molar-refractivity contribution in [2.75, 3.05) is 0 Å². The molecule has 3 heteroatoms. The number of carbonyl (C=O) groups is 1. The molecule has 0 spiro atoms. The third-order valence-electron chi connectivity index (χ3n) is 4.83. The third-order valence-corrected chi connectivity index (χ3v) is 4.83. The lowest BCUT2D eigenvalue weighted by molar-refractivity contribution is -0.374. The van der Waals surface area contributed by atoms with Crippen molar-refractivity contribution in [1.29, 1.82) is 0 Å². The Labute approximate surface area is 150 Å². The molecule has 0 saturated carbocycles. The zero-order valence-electron chi connectivity index (χ0n) is 16.3. The standard InChI is InChI=1S/C21H41NO2/c1-3-4-5-6-7-8-9-10-11-12-13-14-15-16-17-18-19-21(22-24)20(2)23/h22H,3-19H2,1-2H3. The van der Waals surface area contributed by atoms with Crippen LogP contribution in [0.15, 0.2) is 0 Å². The molecule has 0 amide bonds. The molecular formula is C21H41NO2. The van der Waals surface area contributed by atoms with Crippen LogP contribution in [-0.2, 0) is 4.79 Å². The first-order valence-electron chi connectivity index (χ1n) is 10.5. The highest BCUT2D eigenvalue weighted by molar-refractivity contribution is 6.36. The molecule has 0 aromatic rings. The fourth-order valence-corrected chi connectivity index (χ4v) is 3.15. The second-order valence-electron chi connectivity index (χ2n) is 7.19. The van der Waals surface area contributed by atoms with Crippen LogP contribution in [0.5, 0.6) is 0 Å². The van der Waals surface area contributed by atoms with E-state index in [0.29, 0.717) is 12.1 Å². The number of Topliss-reactive ketones (excluding diaryl/α,β-unsaturated/α-hetero) is 1. The summed E-state index contributed by atoms with van der Waals surface area (Å²) in [6, 6.07) is 0. The van der Waals surface area contributed by atoms with E-state index in [2.05, 4.69) is 6.92 Å². The Kier molecular flexibility index (Phi) is 17.8. The molecule has 0 fully saturated rings. The van der Waals surface area contributed by atoms with Crippen LogP contribution in [0, 0.1) is 5.21 Å². The molecule has 0 atom stereocenters. The summed E-state index contributed by atoms with van der Waals surface area (Å²) in [5.41, 5.74) is 0.334. The molecule has 0 aromatic heterocycles. The quantitative estimate of drug-likeness (QED) is 0.160. The first kappa shape index (κ1) is 23.1. The number of carbonyl (C=O) groups excluding carboxylic acids is 1. The molecule has 3 nitrogen and oxygen atoms in total. The Morgan fingerprint density at radius 3 is 1.29 bits per heavy atom. The minimum absolute atomic E-state index is 0.119. The highest BCUT2D eigenvalue weighted by Crippen LogP contribution is 2.14. The SMILES string of the molecule is CCCCCCCCCCCCCCCCCCC(=[NH+][O-])C(C)=O. The van der Waals surface area contributed by atoms with Crippen molar-refractivity contribution in [1.82, 2.24) is 0 Å². The lowest BCUT2D eigenvalue weighted by atomic mass is 10.0. The van der Waals surface area contributed by atoms with Gasteiger partial charge in [0, 0.05) is 13.3 Å². The molecule has 0 radical (unpaired) electrons. The Morgan fingerprint density at radius 2 is 1.00 bits per heavy atom. The first-order valence-corrected chi connectivity index (χ1v) is 10.5. The lowest BCUT2D eigenvalue weighted by Crippen LogP contribution is -2.67. The Bertz CT molecular complexity index is 313. The molecule has 1 N–H and O–H groups in total. The number of hydrogen-bond acceptors (Lipinski definition) is 2. The molecule has 0 rings (SSSR count). The number of hydrogen-bond donors (Lipinski definition) is 1. The highest BCUT2D eigenvalue weighted by Gasteiger charge is 2.09. The molecule has 0 unspecified atom stereocenters. The van der Waals surface area contributed by atoms with E-state index in [1.54, 1.807) is 5.16 Å². The summed E-state index contributed by atoms with van der Waals surface area (Å²) < 4.78 is 0. The van der Waals surface area contributed by atoms with Gasteiger partial charge in [-0.3, -0.25) is 4.79 Å². The third kappa shape index (κ3) is 16.0. The topological polar surface area (TPSA) is 54.1 Å². The first-order chi connectivity index (χ1) is 11.7. The highest BCUT2D eigenvalue weighted by atomic mass is 16.4. The molecule has 0 heterocycles. The Morgan fingerprint density at radius 1 is 0.667 bits per heavy atom. The van der Waals surface area contributed by atoms with Crippen molar-refractivity contribution in [3.05, 3.63) is 5.21 Å². The maximum atomic E-state index is 11.1. The smallest absolute Gasteiger partial charge is 0.228 e. The van der Waals surface area contributed by atoms with Crippen molar-refractivity contribution in [2.45, 2.75) is 123 Å². The molecule has 0 aliphatic carbocycles. The van der Waals surface area contributed by atoms with E-state index in [9.17, 15) is 10.0 Å². The van der Waals surface area contributed by atoms with Gasteiger partial charge in [-0.05, 0) is 6.42 Å². The van der Waals surface area contributed by atoms with E-state index in [-0.39, 0.29) is 5.78 Å². The average molecular weight is 340 g/mol. The summed E-state index contributed by atoms with van der Waals surface area (Å²) in [6.07, 6.45) is 22.0. The van der Waals surface area contributed by atoms with Gasteiger partial charge in [0.15, 0.2) is 0 Å². The maximum Gasteiger partial charge on any atom is 0.228 e. The van der Waals surface area contributed by atoms with E-state index in [4.69, 9.17) is 0 Å². The predicted octanol–water partition coefficient (Wildman–Crippen LogP) is 5.25. The van der Waals surface area contributed by atoms with Crippen molar-refractivity contribution in [3.8, 4) is 0 Å². The van der Waals surface area contributed by atoms with Crippen LogP contribution in [-0.4, -0.2) is 11.5 Å². The molecule has 0 aliphatic rings. The van der Waals surface area contributed by atoms with Crippen LogP contribution in [0.1, 0.15) is 123 Å². The number of nitrogens with one attached hydrogen (secondary N) is 1. The molecule has 142 valence electrons.